The second-order valence-electron chi connectivity index (χ2n) is 5.11. The van der Waals surface area contributed by atoms with Crippen molar-refractivity contribution in [2.45, 2.75) is 33.2 Å². The molecule has 0 bridgehead atoms. The minimum Gasteiger partial charge on any atom is -0.476 e. The molecule has 112 valence electrons. The number of hydrogen-bond acceptors (Lipinski definition) is 5. The van der Waals surface area contributed by atoms with Gasteiger partial charge in [0.25, 0.3) is 0 Å². The Morgan fingerprint density at radius 3 is 2.75 bits per heavy atom. The molecule has 0 aliphatic carbocycles. The molecule has 0 amide bonds. The van der Waals surface area contributed by atoms with Crippen LogP contribution in [0.15, 0.2) is 12.1 Å². The Kier molecular flexibility index (Phi) is 5.06. The van der Waals surface area contributed by atoms with Crippen LogP contribution in [0.1, 0.15) is 27.2 Å². The van der Waals surface area contributed by atoms with Gasteiger partial charge in [0.15, 0.2) is 0 Å². The van der Waals surface area contributed by atoms with E-state index >= 15 is 0 Å². The molecule has 0 radical (unpaired) electrons. The van der Waals surface area contributed by atoms with Crippen LogP contribution < -0.4 is 15.4 Å². The third-order valence-corrected chi connectivity index (χ3v) is 3.97. The molecule has 5 heteroatoms. The van der Waals surface area contributed by atoms with Crippen LogP contribution in [0, 0.1) is 0 Å². The quantitative estimate of drug-likeness (QED) is 0.862. The number of pyridine rings is 1. The average Bonchev–Trinajstić information content (AvgIpc) is 2.93. The van der Waals surface area contributed by atoms with E-state index in [-0.39, 0.29) is 0 Å². The molecule has 2 N–H and O–H groups in total. The molecule has 1 aliphatic rings. The first-order valence-corrected chi connectivity index (χ1v) is 7.57. The van der Waals surface area contributed by atoms with Crippen molar-refractivity contribution >= 4 is 11.5 Å². The second-order valence-corrected chi connectivity index (χ2v) is 5.11. The van der Waals surface area contributed by atoms with Crippen molar-refractivity contribution in [2.24, 2.45) is 0 Å². The summed E-state index contributed by atoms with van der Waals surface area (Å²) in [5, 5.41) is 0. The molecule has 0 saturated carbocycles. The largest absolute Gasteiger partial charge is 0.476 e. The van der Waals surface area contributed by atoms with E-state index in [2.05, 4.69) is 28.6 Å². The van der Waals surface area contributed by atoms with Gasteiger partial charge in [-0.25, -0.2) is 0 Å². The first-order valence-electron chi connectivity index (χ1n) is 7.57. The summed E-state index contributed by atoms with van der Waals surface area (Å²) < 4.78 is 5.48. The smallest absolute Gasteiger partial charge is 0.239 e. The molecule has 1 aromatic heterocycles. The SMILES string of the molecule is CCOc1nc(N2CCC(N(CC)CC)C2)ccc1N. The summed E-state index contributed by atoms with van der Waals surface area (Å²) in [5.74, 6) is 1.52. The molecule has 1 saturated heterocycles. The lowest BCUT2D eigenvalue weighted by atomic mass is 10.2. The van der Waals surface area contributed by atoms with Crippen molar-refractivity contribution in [1.29, 1.82) is 0 Å². The van der Waals surface area contributed by atoms with Gasteiger partial charge in [-0.3, -0.25) is 4.90 Å². The highest BCUT2D eigenvalue weighted by Crippen LogP contribution is 2.26. The van der Waals surface area contributed by atoms with Gasteiger partial charge in [0.2, 0.25) is 5.88 Å². The maximum absolute atomic E-state index is 5.88. The van der Waals surface area contributed by atoms with Crippen LogP contribution in [-0.2, 0) is 0 Å². The predicted molar refractivity (Wildman–Crippen MR) is 83.4 cm³/mol. The monoisotopic (exact) mass is 278 g/mol. The van der Waals surface area contributed by atoms with Crippen molar-refractivity contribution in [2.75, 3.05) is 43.4 Å². The zero-order valence-electron chi connectivity index (χ0n) is 12.8. The van der Waals surface area contributed by atoms with Gasteiger partial charge in [0, 0.05) is 19.1 Å². The maximum atomic E-state index is 5.88. The molecular weight excluding hydrogens is 252 g/mol. The average molecular weight is 278 g/mol. The summed E-state index contributed by atoms with van der Waals surface area (Å²) >= 11 is 0. The highest BCUT2D eigenvalue weighted by atomic mass is 16.5. The molecule has 1 aliphatic heterocycles. The van der Waals surface area contributed by atoms with Crippen molar-refractivity contribution in [3.8, 4) is 5.88 Å². The van der Waals surface area contributed by atoms with Crippen LogP contribution >= 0.6 is 0 Å². The number of likely N-dealkylation sites (N-methyl/N-ethyl adjacent to an activating group) is 1. The standard InChI is InChI=1S/C15H26N4O/c1-4-18(5-2)12-9-10-19(11-12)14-8-7-13(16)15(17-14)20-6-3/h7-8,12H,4-6,9-11,16H2,1-3H3. The first kappa shape index (κ1) is 14.9. The number of ether oxygens (including phenoxy) is 1. The molecule has 1 fully saturated rings. The molecule has 1 aromatic rings. The van der Waals surface area contributed by atoms with Gasteiger partial charge in [0.1, 0.15) is 5.82 Å². The molecular formula is C15H26N4O. The van der Waals surface area contributed by atoms with Crippen molar-refractivity contribution in [1.82, 2.24) is 9.88 Å². The van der Waals surface area contributed by atoms with E-state index in [4.69, 9.17) is 10.5 Å². The van der Waals surface area contributed by atoms with Crippen LogP contribution in [-0.4, -0.2) is 48.7 Å². The van der Waals surface area contributed by atoms with E-state index in [1.165, 1.54) is 6.42 Å². The molecule has 0 spiro atoms. The zero-order chi connectivity index (χ0) is 14.5. The molecule has 0 aromatic carbocycles. The van der Waals surface area contributed by atoms with Gasteiger partial charge >= 0.3 is 0 Å². The highest BCUT2D eigenvalue weighted by Gasteiger charge is 2.27. The number of anilines is 2. The molecule has 2 heterocycles. The summed E-state index contributed by atoms with van der Waals surface area (Å²) in [7, 11) is 0. The van der Waals surface area contributed by atoms with Crippen molar-refractivity contribution < 1.29 is 4.74 Å². The van der Waals surface area contributed by atoms with Crippen molar-refractivity contribution in [3.63, 3.8) is 0 Å². The van der Waals surface area contributed by atoms with Crippen LogP contribution in [0.4, 0.5) is 11.5 Å². The van der Waals surface area contributed by atoms with E-state index in [9.17, 15) is 0 Å². The van der Waals surface area contributed by atoms with Crippen molar-refractivity contribution in [3.05, 3.63) is 12.1 Å². The minimum atomic E-state index is 0.552. The van der Waals surface area contributed by atoms with Gasteiger partial charge in [0.05, 0.1) is 12.3 Å². The van der Waals surface area contributed by atoms with Gasteiger partial charge in [-0.15, -0.1) is 0 Å². The van der Waals surface area contributed by atoms with Crippen LogP contribution in [0.5, 0.6) is 5.88 Å². The lowest BCUT2D eigenvalue weighted by Gasteiger charge is -2.26. The third kappa shape index (κ3) is 3.15. The molecule has 1 unspecified atom stereocenters. The Balaban J connectivity index is 2.08. The summed E-state index contributed by atoms with van der Waals surface area (Å²) in [6, 6.07) is 4.50. The van der Waals surface area contributed by atoms with E-state index < -0.39 is 0 Å². The maximum Gasteiger partial charge on any atom is 0.239 e. The number of aromatic nitrogens is 1. The number of hydrogen-bond donors (Lipinski definition) is 1. The van der Waals surface area contributed by atoms with Gasteiger partial charge in [-0.1, -0.05) is 13.8 Å². The Labute approximate surface area is 121 Å². The minimum absolute atomic E-state index is 0.552. The first-order chi connectivity index (χ1) is 9.69. The van der Waals surface area contributed by atoms with Crippen LogP contribution in [0.25, 0.3) is 0 Å². The number of nitrogen functional groups attached to an aromatic ring is 1. The fourth-order valence-electron chi connectivity index (χ4n) is 2.86. The van der Waals surface area contributed by atoms with Gasteiger partial charge in [-0.05, 0) is 38.6 Å². The predicted octanol–water partition coefficient (Wildman–Crippen LogP) is 1.98. The van der Waals surface area contributed by atoms with Crippen LogP contribution in [0.3, 0.4) is 0 Å². The Bertz CT molecular complexity index is 434. The van der Waals surface area contributed by atoms with E-state index in [1.54, 1.807) is 0 Å². The normalized spacial score (nSPS) is 18.8. The fourth-order valence-corrected chi connectivity index (χ4v) is 2.86. The fraction of sp³-hybridized carbons (Fsp3) is 0.667. The van der Waals surface area contributed by atoms with E-state index in [0.29, 0.717) is 24.2 Å². The van der Waals surface area contributed by atoms with E-state index in [1.807, 2.05) is 19.1 Å². The summed E-state index contributed by atoms with van der Waals surface area (Å²) in [5.41, 5.74) is 6.49. The molecule has 2 rings (SSSR count). The van der Waals surface area contributed by atoms with Gasteiger partial charge < -0.3 is 15.4 Å². The summed E-state index contributed by atoms with van der Waals surface area (Å²) in [6.07, 6.45) is 1.19. The topological polar surface area (TPSA) is 54.6 Å². The van der Waals surface area contributed by atoms with Crippen LogP contribution in [0.2, 0.25) is 0 Å². The molecule has 1 atom stereocenters. The number of rotatable bonds is 6. The lowest BCUT2D eigenvalue weighted by Crippen LogP contribution is -2.37. The zero-order valence-corrected chi connectivity index (χ0v) is 12.8. The summed E-state index contributed by atoms with van der Waals surface area (Å²) in [4.78, 5) is 9.39. The Morgan fingerprint density at radius 2 is 2.10 bits per heavy atom. The molecule has 5 nitrogen and oxygen atoms in total. The Hall–Kier alpha value is -1.49. The van der Waals surface area contributed by atoms with Gasteiger partial charge in [-0.2, -0.15) is 4.98 Å². The van der Waals surface area contributed by atoms with E-state index in [0.717, 1.165) is 32.0 Å². The third-order valence-electron chi connectivity index (χ3n) is 3.97. The second kappa shape index (κ2) is 6.79. The Morgan fingerprint density at radius 1 is 1.35 bits per heavy atom. The lowest BCUT2D eigenvalue weighted by molar-refractivity contribution is 0.232. The number of nitrogens with two attached hydrogens (primary N) is 1. The summed E-state index contributed by atoms with van der Waals surface area (Å²) in [6.45, 7) is 11.3. The molecule has 20 heavy (non-hydrogen) atoms. The number of nitrogens with zero attached hydrogens (tertiary/aromatic N) is 3. The highest BCUT2D eigenvalue weighted by molar-refractivity contribution is 5.55.